The van der Waals surface area contributed by atoms with Gasteiger partial charge in [0, 0.05) is 31.6 Å². The van der Waals surface area contributed by atoms with Gasteiger partial charge < -0.3 is 19.7 Å². The third kappa shape index (κ3) is 5.22. The lowest BCUT2D eigenvalue weighted by Crippen LogP contribution is -2.32. The fourth-order valence-corrected chi connectivity index (χ4v) is 2.54. The number of hydrogen-bond acceptors (Lipinski definition) is 5. The van der Waals surface area contributed by atoms with Crippen molar-refractivity contribution >= 4 is 23.2 Å². The van der Waals surface area contributed by atoms with Crippen molar-refractivity contribution in [3.63, 3.8) is 0 Å². The molecule has 7 heteroatoms. The van der Waals surface area contributed by atoms with Crippen LogP contribution in [0.5, 0.6) is 11.5 Å². The lowest BCUT2D eigenvalue weighted by molar-refractivity contribution is -0.117. The zero-order chi connectivity index (χ0) is 19.8. The van der Waals surface area contributed by atoms with Gasteiger partial charge in [-0.1, -0.05) is 6.07 Å². The molecule has 0 unspecified atom stereocenters. The Hall–Kier alpha value is -3.53. The van der Waals surface area contributed by atoms with Crippen molar-refractivity contribution in [1.29, 1.82) is 5.26 Å². The van der Waals surface area contributed by atoms with Gasteiger partial charge in [0.05, 0.1) is 31.5 Å². The molecule has 0 bridgehead atoms. The summed E-state index contributed by atoms with van der Waals surface area (Å²) in [5.41, 5.74) is 1.55. The molecule has 2 rings (SSSR count). The van der Waals surface area contributed by atoms with Crippen LogP contribution in [0, 0.1) is 11.3 Å². The van der Waals surface area contributed by atoms with E-state index in [0.29, 0.717) is 28.4 Å². The van der Waals surface area contributed by atoms with E-state index in [2.05, 4.69) is 5.32 Å². The molecule has 0 aromatic heterocycles. The van der Waals surface area contributed by atoms with Gasteiger partial charge in [-0.15, -0.1) is 0 Å². The van der Waals surface area contributed by atoms with Gasteiger partial charge in [0.15, 0.2) is 0 Å². The fraction of sp³-hybridized carbons (Fsp3) is 0.250. The Morgan fingerprint density at radius 3 is 2.56 bits per heavy atom. The minimum Gasteiger partial charge on any atom is -0.497 e. The van der Waals surface area contributed by atoms with Gasteiger partial charge in [-0.2, -0.15) is 5.26 Å². The Bertz CT molecular complexity index is 874. The summed E-state index contributed by atoms with van der Waals surface area (Å²) in [6.45, 7) is 1.61. The molecule has 0 heterocycles. The van der Waals surface area contributed by atoms with Crippen LogP contribution in [-0.4, -0.2) is 32.6 Å². The zero-order valence-corrected chi connectivity index (χ0v) is 15.5. The number of amides is 2. The van der Waals surface area contributed by atoms with Gasteiger partial charge in [-0.05, 0) is 30.3 Å². The second kappa shape index (κ2) is 9.25. The molecular formula is C20H21N3O4. The van der Waals surface area contributed by atoms with E-state index in [-0.39, 0.29) is 24.8 Å². The van der Waals surface area contributed by atoms with E-state index in [9.17, 15) is 9.59 Å². The number of ether oxygens (including phenoxy) is 2. The zero-order valence-electron chi connectivity index (χ0n) is 15.5. The predicted molar refractivity (Wildman–Crippen MR) is 102 cm³/mol. The van der Waals surface area contributed by atoms with Crippen LogP contribution in [0.3, 0.4) is 0 Å². The number of carbonyl (C=O) groups excluding carboxylic acids is 2. The molecular weight excluding hydrogens is 346 g/mol. The Morgan fingerprint density at radius 2 is 1.93 bits per heavy atom. The highest BCUT2D eigenvalue weighted by Gasteiger charge is 2.15. The molecule has 2 amide bonds. The number of nitrogens with one attached hydrogen (secondary N) is 1. The summed E-state index contributed by atoms with van der Waals surface area (Å²) in [4.78, 5) is 25.8. The van der Waals surface area contributed by atoms with Crippen LogP contribution in [0.4, 0.5) is 11.4 Å². The van der Waals surface area contributed by atoms with Gasteiger partial charge in [-0.3, -0.25) is 9.59 Å². The minimum absolute atomic E-state index is 0.0888. The number of nitrogens with zero attached hydrogens (tertiary/aromatic N) is 2. The second-order valence-electron chi connectivity index (χ2n) is 5.70. The first-order chi connectivity index (χ1) is 13.0. The molecule has 0 aliphatic heterocycles. The molecule has 0 atom stereocenters. The van der Waals surface area contributed by atoms with Crippen LogP contribution in [0.2, 0.25) is 0 Å². The smallest absolute Gasteiger partial charge is 0.226 e. The van der Waals surface area contributed by atoms with Crippen molar-refractivity contribution in [3.05, 3.63) is 48.0 Å². The SMILES string of the molecule is COc1ccc(NC(=O)CCN(C(C)=O)c2cccc(C#N)c2)c(OC)c1. The van der Waals surface area contributed by atoms with Crippen molar-refractivity contribution in [2.75, 3.05) is 31.0 Å². The van der Waals surface area contributed by atoms with Crippen LogP contribution in [0.15, 0.2) is 42.5 Å². The quantitative estimate of drug-likeness (QED) is 0.812. The van der Waals surface area contributed by atoms with Crippen LogP contribution < -0.4 is 19.7 Å². The van der Waals surface area contributed by atoms with Crippen molar-refractivity contribution < 1.29 is 19.1 Å². The Balaban J connectivity index is 2.06. The van der Waals surface area contributed by atoms with E-state index in [1.807, 2.05) is 6.07 Å². The van der Waals surface area contributed by atoms with Crippen LogP contribution >= 0.6 is 0 Å². The summed E-state index contributed by atoms with van der Waals surface area (Å²) in [6.07, 6.45) is 0.0888. The molecule has 2 aromatic rings. The standard InChI is InChI=1S/C20H21N3O4/c1-14(24)23(16-6-4-5-15(11-16)13-21)10-9-20(25)22-18-8-7-17(26-2)12-19(18)27-3/h4-8,11-12H,9-10H2,1-3H3,(H,22,25). The average Bonchev–Trinajstić information content (AvgIpc) is 2.68. The Morgan fingerprint density at radius 1 is 1.15 bits per heavy atom. The molecule has 0 saturated carbocycles. The summed E-state index contributed by atoms with van der Waals surface area (Å²) in [5, 5.41) is 11.8. The second-order valence-corrected chi connectivity index (χ2v) is 5.70. The molecule has 0 aliphatic carbocycles. The first-order valence-electron chi connectivity index (χ1n) is 8.28. The molecule has 140 valence electrons. The number of benzene rings is 2. The predicted octanol–water partition coefficient (Wildman–Crippen LogP) is 2.96. The van der Waals surface area contributed by atoms with Crippen molar-refractivity contribution in [1.82, 2.24) is 0 Å². The van der Waals surface area contributed by atoms with E-state index < -0.39 is 0 Å². The molecule has 0 aliphatic rings. The summed E-state index contributed by atoms with van der Waals surface area (Å²) < 4.78 is 10.4. The van der Waals surface area contributed by atoms with Gasteiger partial charge >= 0.3 is 0 Å². The van der Waals surface area contributed by atoms with E-state index in [0.717, 1.165) is 0 Å². The summed E-state index contributed by atoms with van der Waals surface area (Å²) in [5.74, 6) is 0.624. The molecule has 2 aromatic carbocycles. The van der Waals surface area contributed by atoms with Gasteiger partial charge in [0.2, 0.25) is 11.8 Å². The van der Waals surface area contributed by atoms with Crippen LogP contribution in [-0.2, 0) is 9.59 Å². The maximum atomic E-state index is 12.3. The van der Waals surface area contributed by atoms with Crippen molar-refractivity contribution in [2.24, 2.45) is 0 Å². The minimum atomic E-state index is -0.263. The third-order valence-electron chi connectivity index (χ3n) is 3.91. The van der Waals surface area contributed by atoms with E-state index in [1.54, 1.807) is 49.6 Å². The summed E-state index contributed by atoms with van der Waals surface area (Å²) in [7, 11) is 3.05. The van der Waals surface area contributed by atoms with Crippen LogP contribution in [0.1, 0.15) is 18.9 Å². The maximum absolute atomic E-state index is 12.3. The van der Waals surface area contributed by atoms with Gasteiger partial charge in [0.1, 0.15) is 11.5 Å². The molecule has 27 heavy (non-hydrogen) atoms. The normalized spacial score (nSPS) is 9.85. The first kappa shape index (κ1) is 19.8. The third-order valence-corrected chi connectivity index (χ3v) is 3.91. The monoisotopic (exact) mass is 367 g/mol. The Kier molecular flexibility index (Phi) is 6.78. The number of anilines is 2. The average molecular weight is 367 g/mol. The topological polar surface area (TPSA) is 91.7 Å². The largest absolute Gasteiger partial charge is 0.497 e. The van der Waals surface area contributed by atoms with Crippen molar-refractivity contribution in [3.8, 4) is 17.6 Å². The summed E-state index contributed by atoms with van der Waals surface area (Å²) in [6, 6.07) is 13.8. The molecule has 0 fully saturated rings. The highest BCUT2D eigenvalue weighted by atomic mass is 16.5. The van der Waals surface area contributed by atoms with Crippen LogP contribution in [0.25, 0.3) is 0 Å². The van der Waals surface area contributed by atoms with Crippen molar-refractivity contribution in [2.45, 2.75) is 13.3 Å². The lowest BCUT2D eigenvalue weighted by atomic mass is 10.2. The molecule has 7 nitrogen and oxygen atoms in total. The van der Waals surface area contributed by atoms with E-state index in [1.165, 1.54) is 18.9 Å². The number of methoxy groups -OCH3 is 2. The number of carbonyl (C=O) groups is 2. The lowest BCUT2D eigenvalue weighted by Gasteiger charge is -2.21. The fourth-order valence-electron chi connectivity index (χ4n) is 2.54. The maximum Gasteiger partial charge on any atom is 0.226 e. The number of rotatable bonds is 7. The number of hydrogen-bond donors (Lipinski definition) is 1. The molecule has 0 radical (unpaired) electrons. The van der Waals surface area contributed by atoms with E-state index in [4.69, 9.17) is 14.7 Å². The summed E-state index contributed by atoms with van der Waals surface area (Å²) >= 11 is 0. The van der Waals surface area contributed by atoms with Gasteiger partial charge in [-0.25, -0.2) is 0 Å². The highest BCUT2D eigenvalue weighted by molar-refractivity contribution is 5.95. The first-order valence-corrected chi connectivity index (χ1v) is 8.28. The molecule has 0 saturated heterocycles. The molecule has 0 spiro atoms. The Labute approximate surface area is 158 Å². The highest BCUT2D eigenvalue weighted by Crippen LogP contribution is 2.29. The van der Waals surface area contributed by atoms with E-state index >= 15 is 0 Å². The number of nitriles is 1. The molecule has 1 N–H and O–H groups in total. The van der Waals surface area contributed by atoms with Gasteiger partial charge in [0.25, 0.3) is 0 Å².